The van der Waals surface area contributed by atoms with Crippen molar-refractivity contribution in [2.24, 2.45) is 0 Å². The molecule has 0 heterocycles. The first-order valence-electron chi connectivity index (χ1n) is 3.02. The van der Waals surface area contributed by atoms with Gasteiger partial charge in [-0.3, -0.25) is 0 Å². The minimum absolute atomic E-state index is 1.16. The average molecular weight is 109 g/mol. The van der Waals surface area contributed by atoms with Gasteiger partial charge >= 0.3 is 0 Å². The van der Waals surface area contributed by atoms with Crippen molar-refractivity contribution in [3.63, 3.8) is 0 Å². The lowest BCUT2D eigenvalue weighted by molar-refractivity contribution is 0.906. The van der Waals surface area contributed by atoms with Crippen molar-refractivity contribution >= 4 is 0 Å². The van der Waals surface area contributed by atoms with Crippen molar-refractivity contribution in [1.29, 1.82) is 0 Å². The molecule has 0 saturated heterocycles. The molecule has 0 nitrogen and oxygen atoms in total. The lowest BCUT2D eigenvalue weighted by Gasteiger charge is -1.91. The summed E-state index contributed by atoms with van der Waals surface area (Å²) in [6.45, 7) is 9.41. The van der Waals surface area contributed by atoms with E-state index in [1.54, 1.807) is 6.08 Å². The molecule has 0 bridgehead atoms. The molecule has 0 heteroatoms. The van der Waals surface area contributed by atoms with E-state index in [1.165, 1.54) is 12.0 Å². The van der Waals surface area contributed by atoms with Crippen molar-refractivity contribution in [3.8, 4) is 0 Å². The van der Waals surface area contributed by atoms with Crippen LogP contribution in [0.1, 0.15) is 26.7 Å². The molecule has 0 N–H and O–H groups in total. The van der Waals surface area contributed by atoms with Gasteiger partial charge in [-0.05, 0) is 13.3 Å². The maximum Gasteiger partial charge on any atom is -0.0323 e. The molecule has 0 rings (SSSR count). The molecule has 0 aliphatic heterocycles. The summed E-state index contributed by atoms with van der Waals surface area (Å²) in [4.78, 5) is 0. The van der Waals surface area contributed by atoms with Crippen molar-refractivity contribution in [3.05, 3.63) is 24.3 Å². The molecule has 0 unspecified atom stereocenters. The van der Waals surface area contributed by atoms with E-state index < -0.39 is 0 Å². The van der Waals surface area contributed by atoms with Crippen LogP contribution in [0.4, 0.5) is 0 Å². The quantitative estimate of drug-likeness (QED) is 0.489. The molecule has 0 aliphatic carbocycles. The SMILES string of the molecule is [CH]=CC=C(C)CCC. The normalized spacial score (nSPS) is 11.5. The largest absolute Gasteiger partial charge is 0.0733 e. The van der Waals surface area contributed by atoms with Gasteiger partial charge in [0.2, 0.25) is 0 Å². The highest BCUT2D eigenvalue weighted by Crippen LogP contribution is 2.01. The molecule has 0 aromatic heterocycles. The summed E-state index contributed by atoms with van der Waals surface area (Å²) >= 11 is 0. The second-order valence-corrected chi connectivity index (χ2v) is 1.96. The number of allylic oxidation sites excluding steroid dienone is 3. The van der Waals surface area contributed by atoms with Gasteiger partial charge in [-0.1, -0.05) is 37.6 Å². The van der Waals surface area contributed by atoms with Crippen LogP contribution in [0.2, 0.25) is 0 Å². The van der Waals surface area contributed by atoms with Crippen LogP contribution in [0.15, 0.2) is 17.7 Å². The Labute approximate surface area is 51.9 Å². The van der Waals surface area contributed by atoms with Gasteiger partial charge in [0.1, 0.15) is 0 Å². The summed E-state index contributed by atoms with van der Waals surface area (Å²) < 4.78 is 0. The van der Waals surface area contributed by atoms with E-state index in [0.29, 0.717) is 0 Å². The smallest absolute Gasteiger partial charge is 0.0323 e. The van der Waals surface area contributed by atoms with Crippen LogP contribution < -0.4 is 0 Å². The molecule has 0 atom stereocenters. The summed E-state index contributed by atoms with van der Waals surface area (Å²) in [5, 5.41) is 0. The zero-order valence-corrected chi connectivity index (χ0v) is 5.65. The fourth-order valence-corrected chi connectivity index (χ4v) is 0.642. The number of hydrogen-bond acceptors (Lipinski definition) is 0. The van der Waals surface area contributed by atoms with Gasteiger partial charge in [-0.2, -0.15) is 0 Å². The fraction of sp³-hybridized carbons (Fsp3) is 0.500. The molecular formula is C8H13. The monoisotopic (exact) mass is 109 g/mol. The Morgan fingerprint density at radius 2 is 2.25 bits per heavy atom. The third-order valence-electron chi connectivity index (χ3n) is 1.03. The molecule has 0 spiro atoms. The molecule has 0 aromatic carbocycles. The molecule has 0 amide bonds. The second kappa shape index (κ2) is 4.63. The predicted molar refractivity (Wildman–Crippen MR) is 37.5 cm³/mol. The Balaban J connectivity index is 3.44. The van der Waals surface area contributed by atoms with E-state index in [-0.39, 0.29) is 0 Å². The summed E-state index contributed by atoms with van der Waals surface area (Å²) in [7, 11) is 0. The highest BCUT2D eigenvalue weighted by Gasteiger charge is 1.81. The topological polar surface area (TPSA) is 0 Å². The maximum atomic E-state index is 5.16. The van der Waals surface area contributed by atoms with Gasteiger partial charge in [0.05, 0.1) is 0 Å². The van der Waals surface area contributed by atoms with Crippen molar-refractivity contribution in [1.82, 2.24) is 0 Å². The molecule has 8 heavy (non-hydrogen) atoms. The first-order valence-corrected chi connectivity index (χ1v) is 3.02. The van der Waals surface area contributed by atoms with Crippen LogP contribution in [-0.4, -0.2) is 0 Å². The summed E-state index contributed by atoms with van der Waals surface area (Å²) in [6, 6.07) is 0. The van der Waals surface area contributed by atoms with E-state index in [1.807, 2.05) is 6.08 Å². The zero-order valence-electron chi connectivity index (χ0n) is 5.65. The first kappa shape index (κ1) is 7.48. The summed E-state index contributed by atoms with van der Waals surface area (Å²) in [5.41, 5.74) is 1.36. The van der Waals surface area contributed by atoms with Crippen molar-refractivity contribution in [2.45, 2.75) is 26.7 Å². The number of rotatable bonds is 3. The third-order valence-corrected chi connectivity index (χ3v) is 1.03. The Bertz CT molecular complexity index is 88.2. The van der Waals surface area contributed by atoms with Gasteiger partial charge in [0, 0.05) is 0 Å². The van der Waals surface area contributed by atoms with Gasteiger partial charge in [0.25, 0.3) is 0 Å². The minimum Gasteiger partial charge on any atom is -0.0733 e. The second-order valence-electron chi connectivity index (χ2n) is 1.96. The molecule has 45 valence electrons. The summed E-state index contributed by atoms with van der Waals surface area (Å²) in [6.07, 6.45) is 5.90. The minimum atomic E-state index is 1.16. The third kappa shape index (κ3) is 3.66. The van der Waals surface area contributed by atoms with Gasteiger partial charge in [-0.25, -0.2) is 0 Å². The zero-order chi connectivity index (χ0) is 6.41. The predicted octanol–water partition coefficient (Wildman–Crippen LogP) is 2.72. The van der Waals surface area contributed by atoms with E-state index in [4.69, 9.17) is 6.58 Å². The van der Waals surface area contributed by atoms with Crippen molar-refractivity contribution < 1.29 is 0 Å². The Morgan fingerprint density at radius 1 is 1.62 bits per heavy atom. The molecule has 0 saturated carbocycles. The highest BCUT2D eigenvalue weighted by molar-refractivity contribution is 5.06. The van der Waals surface area contributed by atoms with E-state index in [9.17, 15) is 0 Å². The number of hydrogen-bond donors (Lipinski definition) is 0. The molecular weight excluding hydrogens is 96.1 g/mol. The lowest BCUT2D eigenvalue weighted by atomic mass is 10.2. The molecule has 1 radical (unpaired) electrons. The van der Waals surface area contributed by atoms with Gasteiger partial charge < -0.3 is 0 Å². The van der Waals surface area contributed by atoms with Crippen LogP contribution in [0.5, 0.6) is 0 Å². The standard InChI is InChI=1S/C8H13/c1-4-6-8(3)7-5-2/h1,4,6H,5,7H2,2-3H3. The van der Waals surface area contributed by atoms with Gasteiger partial charge in [0.15, 0.2) is 0 Å². The van der Waals surface area contributed by atoms with Crippen LogP contribution >= 0.6 is 0 Å². The van der Waals surface area contributed by atoms with E-state index in [0.717, 1.165) is 6.42 Å². The lowest BCUT2D eigenvalue weighted by Crippen LogP contribution is -1.71. The Morgan fingerprint density at radius 3 is 2.62 bits per heavy atom. The highest BCUT2D eigenvalue weighted by atomic mass is 13.9. The van der Waals surface area contributed by atoms with Crippen LogP contribution in [0.3, 0.4) is 0 Å². The van der Waals surface area contributed by atoms with Crippen molar-refractivity contribution in [2.75, 3.05) is 0 Å². The van der Waals surface area contributed by atoms with Crippen LogP contribution in [0.25, 0.3) is 0 Å². The fourth-order valence-electron chi connectivity index (χ4n) is 0.642. The Hall–Kier alpha value is -0.520. The maximum absolute atomic E-state index is 5.16. The average Bonchev–Trinajstić information content (AvgIpc) is 1.68. The molecule has 0 aliphatic rings. The van der Waals surface area contributed by atoms with E-state index in [2.05, 4.69) is 13.8 Å². The van der Waals surface area contributed by atoms with Crippen LogP contribution in [0, 0.1) is 6.58 Å². The molecule has 0 aromatic rings. The summed E-state index contributed by atoms with van der Waals surface area (Å²) in [5.74, 6) is 0. The molecule has 0 fully saturated rings. The van der Waals surface area contributed by atoms with E-state index >= 15 is 0 Å². The Kier molecular flexibility index (Phi) is 4.33. The van der Waals surface area contributed by atoms with Gasteiger partial charge in [-0.15, -0.1) is 0 Å². The van der Waals surface area contributed by atoms with Crippen LogP contribution in [-0.2, 0) is 0 Å². The first-order chi connectivity index (χ1) is 3.81.